The third kappa shape index (κ3) is 4.70. The summed E-state index contributed by atoms with van der Waals surface area (Å²) in [4.78, 5) is 4.63. The van der Waals surface area contributed by atoms with E-state index in [1.807, 2.05) is 12.1 Å². The van der Waals surface area contributed by atoms with Gasteiger partial charge in [0.05, 0.1) is 5.52 Å². The Kier molecular flexibility index (Phi) is 7.74. The van der Waals surface area contributed by atoms with Crippen LogP contribution in [0.15, 0.2) is 18.2 Å². The summed E-state index contributed by atoms with van der Waals surface area (Å²) in [7, 11) is 4.24. The van der Waals surface area contributed by atoms with Gasteiger partial charge in [-0.3, -0.25) is 4.68 Å². The van der Waals surface area contributed by atoms with E-state index in [4.69, 9.17) is 22.4 Å². The van der Waals surface area contributed by atoms with Crippen LogP contribution in [0.3, 0.4) is 0 Å². The maximum Gasteiger partial charge on any atom is 0.158 e. The molecule has 0 fully saturated rings. The van der Waals surface area contributed by atoms with Crippen molar-refractivity contribution < 1.29 is 0 Å². The average Bonchev–Trinajstić information content (AvgIpc) is 2.97. The van der Waals surface area contributed by atoms with Gasteiger partial charge in [-0.15, -0.1) is 0 Å². The molecule has 2 N–H and O–H groups in total. The van der Waals surface area contributed by atoms with Crippen LogP contribution in [0.2, 0.25) is 5.02 Å². The SMILES string of the molecule is CCC(CCN)N(CC)c1nn(CCC(C)N(C)C)c2ccc(Cl)cc12. The molecule has 0 aliphatic heterocycles. The highest BCUT2D eigenvalue weighted by Crippen LogP contribution is 2.31. The van der Waals surface area contributed by atoms with Gasteiger partial charge in [-0.05, 0) is 71.9 Å². The van der Waals surface area contributed by atoms with Gasteiger partial charge in [-0.25, -0.2) is 0 Å². The molecule has 0 saturated heterocycles. The molecular formula is C20H34ClN5. The number of aryl methyl sites for hydroxylation is 1. The summed E-state index contributed by atoms with van der Waals surface area (Å²) in [6.45, 7) is 9.13. The standard InChI is InChI=1S/C20H34ClN5/c1-6-17(10-12-22)25(7-2)20-18-14-16(21)8-9-19(18)26(23-20)13-11-15(3)24(4)5/h8-9,14-15,17H,6-7,10-13,22H2,1-5H3. The molecule has 0 aliphatic rings. The van der Waals surface area contributed by atoms with Crippen molar-refractivity contribution in [3.8, 4) is 0 Å². The van der Waals surface area contributed by atoms with E-state index >= 15 is 0 Å². The van der Waals surface area contributed by atoms with Gasteiger partial charge in [0, 0.05) is 35.6 Å². The zero-order chi connectivity index (χ0) is 19.3. The van der Waals surface area contributed by atoms with Crippen molar-refractivity contribution in [3.05, 3.63) is 23.2 Å². The molecule has 1 heterocycles. The topological polar surface area (TPSA) is 50.3 Å². The van der Waals surface area contributed by atoms with Gasteiger partial charge >= 0.3 is 0 Å². The van der Waals surface area contributed by atoms with Gasteiger partial charge in [-0.2, -0.15) is 5.10 Å². The van der Waals surface area contributed by atoms with Crippen LogP contribution in [0.5, 0.6) is 0 Å². The van der Waals surface area contributed by atoms with Gasteiger partial charge in [0.25, 0.3) is 0 Å². The van der Waals surface area contributed by atoms with Crippen LogP contribution < -0.4 is 10.6 Å². The first kappa shape index (κ1) is 21.0. The number of aromatic nitrogens is 2. The van der Waals surface area contributed by atoms with Crippen molar-refractivity contribution in [2.75, 3.05) is 32.1 Å². The van der Waals surface area contributed by atoms with Crippen LogP contribution in [-0.4, -0.2) is 53.9 Å². The normalized spacial score (nSPS) is 14.2. The Morgan fingerprint density at radius 3 is 2.54 bits per heavy atom. The Hall–Kier alpha value is -1.30. The molecule has 146 valence electrons. The molecule has 26 heavy (non-hydrogen) atoms. The Balaban J connectivity index is 2.43. The zero-order valence-corrected chi connectivity index (χ0v) is 17.6. The van der Waals surface area contributed by atoms with Crippen molar-refractivity contribution in [2.45, 2.75) is 58.7 Å². The van der Waals surface area contributed by atoms with Crippen LogP contribution in [0.1, 0.15) is 40.0 Å². The first-order valence-electron chi connectivity index (χ1n) is 9.72. The Morgan fingerprint density at radius 1 is 1.23 bits per heavy atom. The second kappa shape index (κ2) is 9.58. The van der Waals surface area contributed by atoms with Gasteiger partial charge < -0.3 is 15.5 Å². The van der Waals surface area contributed by atoms with Crippen LogP contribution in [0.4, 0.5) is 5.82 Å². The highest BCUT2D eigenvalue weighted by Gasteiger charge is 2.22. The lowest BCUT2D eigenvalue weighted by molar-refractivity contribution is 0.286. The average molecular weight is 380 g/mol. The highest BCUT2D eigenvalue weighted by molar-refractivity contribution is 6.31. The fourth-order valence-corrected chi connectivity index (χ4v) is 3.61. The summed E-state index contributed by atoms with van der Waals surface area (Å²) in [5, 5.41) is 6.89. The minimum atomic E-state index is 0.399. The molecule has 2 aromatic rings. The number of hydrogen-bond donors (Lipinski definition) is 1. The minimum absolute atomic E-state index is 0.399. The summed E-state index contributed by atoms with van der Waals surface area (Å²) in [6.07, 6.45) is 3.08. The van der Waals surface area contributed by atoms with Crippen molar-refractivity contribution in [1.82, 2.24) is 14.7 Å². The van der Waals surface area contributed by atoms with Crippen molar-refractivity contribution in [3.63, 3.8) is 0 Å². The number of halogens is 1. The summed E-state index contributed by atoms with van der Waals surface area (Å²) < 4.78 is 2.14. The monoisotopic (exact) mass is 379 g/mol. The van der Waals surface area contributed by atoms with Crippen LogP contribution in [0, 0.1) is 0 Å². The Bertz CT molecular complexity index is 697. The van der Waals surface area contributed by atoms with Crippen molar-refractivity contribution >= 4 is 28.3 Å². The highest BCUT2D eigenvalue weighted by atomic mass is 35.5. The fraction of sp³-hybridized carbons (Fsp3) is 0.650. The molecule has 0 bridgehead atoms. The Labute approximate surface area is 163 Å². The van der Waals surface area contributed by atoms with E-state index < -0.39 is 0 Å². The van der Waals surface area contributed by atoms with E-state index in [-0.39, 0.29) is 0 Å². The van der Waals surface area contributed by atoms with E-state index in [1.54, 1.807) is 0 Å². The number of anilines is 1. The summed E-state index contributed by atoms with van der Waals surface area (Å²) in [6, 6.07) is 6.99. The second-order valence-electron chi connectivity index (χ2n) is 7.23. The lowest BCUT2D eigenvalue weighted by atomic mass is 10.1. The van der Waals surface area contributed by atoms with E-state index in [0.29, 0.717) is 18.6 Å². The molecule has 0 saturated carbocycles. The summed E-state index contributed by atoms with van der Waals surface area (Å²) >= 11 is 6.31. The van der Waals surface area contributed by atoms with Crippen LogP contribution in [0.25, 0.3) is 10.9 Å². The van der Waals surface area contributed by atoms with Gasteiger partial charge in [0.15, 0.2) is 5.82 Å². The predicted octanol–water partition coefficient (Wildman–Crippen LogP) is 3.98. The summed E-state index contributed by atoms with van der Waals surface area (Å²) in [5.74, 6) is 1.03. The molecule has 1 aromatic heterocycles. The quantitative estimate of drug-likeness (QED) is 0.678. The smallest absolute Gasteiger partial charge is 0.158 e. The summed E-state index contributed by atoms with van der Waals surface area (Å²) in [5.41, 5.74) is 7.00. The number of nitrogens with zero attached hydrogens (tertiary/aromatic N) is 4. The molecule has 1 aromatic carbocycles. The lowest BCUT2D eigenvalue weighted by Gasteiger charge is -2.30. The molecular weight excluding hydrogens is 346 g/mol. The number of nitrogens with two attached hydrogens (primary N) is 1. The van der Waals surface area contributed by atoms with Gasteiger partial charge in [0.2, 0.25) is 0 Å². The van der Waals surface area contributed by atoms with E-state index in [0.717, 1.165) is 54.1 Å². The maximum absolute atomic E-state index is 6.31. The molecule has 0 aliphatic carbocycles. The lowest BCUT2D eigenvalue weighted by Crippen LogP contribution is -2.37. The molecule has 5 nitrogen and oxygen atoms in total. The molecule has 0 spiro atoms. The largest absolute Gasteiger partial charge is 0.352 e. The second-order valence-corrected chi connectivity index (χ2v) is 7.67. The molecule has 2 unspecified atom stereocenters. The number of rotatable bonds is 10. The van der Waals surface area contributed by atoms with Crippen molar-refractivity contribution in [1.29, 1.82) is 0 Å². The van der Waals surface area contributed by atoms with Crippen LogP contribution in [-0.2, 0) is 6.54 Å². The first-order chi connectivity index (χ1) is 12.4. The van der Waals surface area contributed by atoms with E-state index in [1.165, 1.54) is 0 Å². The first-order valence-corrected chi connectivity index (χ1v) is 10.1. The number of hydrogen-bond acceptors (Lipinski definition) is 4. The molecule has 2 rings (SSSR count). The molecule has 6 heteroatoms. The predicted molar refractivity (Wildman–Crippen MR) is 113 cm³/mol. The van der Waals surface area contributed by atoms with Crippen LogP contribution >= 0.6 is 11.6 Å². The van der Waals surface area contributed by atoms with Crippen molar-refractivity contribution in [2.24, 2.45) is 5.73 Å². The third-order valence-corrected chi connectivity index (χ3v) is 5.59. The molecule has 0 amide bonds. The Morgan fingerprint density at radius 2 is 1.96 bits per heavy atom. The third-order valence-electron chi connectivity index (χ3n) is 5.36. The van der Waals surface area contributed by atoms with Gasteiger partial charge in [-0.1, -0.05) is 18.5 Å². The minimum Gasteiger partial charge on any atom is -0.352 e. The van der Waals surface area contributed by atoms with E-state index in [9.17, 15) is 0 Å². The van der Waals surface area contributed by atoms with Gasteiger partial charge in [0.1, 0.15) is 0 Å². The molecule has 2 atom stereocenters. The molecule has 0 radical (unpaired) electrons. The zero-order valence-electron chi connectivity index (χ0n) is 16.9. The number of benzene rings is 1. The maximum atomic E-state index is 6.31. The fourth-order valence-electron chi connectivity index (χ4n) is 3.44. The number of fused-ring (bicyclic) bond motifs is 1. The van der Waals surface area contributed by atoms with E-state index in [2.05, 4.69) is 55.4 Å².